The second-order valence-electron chi connectivity index (χ2n) is 4.39. The Balaban J connectivity index is 2.53. The summed E-state index contributed by atoms with van der Waals surface area (Å²) in [5.41, 5.74) is -1.00. The summed E-state index contributed by atoms with van der Waals surface area (Å²) in [6.07, 6.45) is -6.13. The number of carbonyl (C=O) groups is 2. The van der Waals surface area contributed by atoms with Crippen molar-refractivity contribution >= 4 is 23.2 Å². The largest absolute Gasteiger partial charge is 0.463 e. The summed E-state index contributed by atoms with van der Waals surface area (Å²) < 4.78 is 63.7. The van der Waals surface area contributed by atoms with Crippen molar-refractivity contribution in [2.75, 3.05) is 11.5 Å². The number of halogens is 5. The fourth-order valence-electron chi connectivity index (χ4n) is 1.88. The van der Waals surface area contributed by atoms with Crippen molar-refractivity contribution in [1.82, 2.24) is 0 Å². The molecule has 2 amide bonds. The van der Waals surface area contributed by atoms with Crippen LogP contribution in [-0.2, 0) is 14.4 Å². The molecule has 10 heteroatoms. The average molecular weight is 336 g/mol. The van der Waals surface area contributed by atoms with E-state index in [2.05, 4.69) is 9.99 Å². The molecule has 0 aromatic heterocycles. The van der Waals surface area contributed by atoms with Crippen LogP contribution in [-0.4, -0.2) is 36.2 Å². The monoisotopic (exact) mass is 336 g/mol. The number of carbonyl (C=O) groups excluding carboxylic acids is 2. The zero-order valence-electron chi connectivity index (χ0n) is 11.5. The maximum absolute atomic E-state index is 13.3. The number of rotatable bonds is 3. The summed E-state index contributed by atoms with van der Waals surface area (Å²) in [7, 11) is 0. The van der Waals surface area contributed by atoms with Crippen molar-refractivity contribution in [1.29, 1.82) is 0 Å². The number of para-hydroxylation sites is 1. The Hall–Kier alpha value is -2.52. The van der Waals surface area contributed by atoms with E-state index >= 15 is 0 Å². The molecule has 0 spiro atoms. The number of hydrogen-bond acceptors (Lipinski definition) is 4. The van der Waals surface area contributed by atoms with Crippen LogP contribution in [0, 0.1) is 0 Å². The smallest absolute Gasteiger partial charge is 0.395 e. The topological polar surface area (TPSA) is 59.0 Å². The molecule has 0 bridgehead atoms. The van der Waals surface area contributed by atoms with Gasteiger partial charge in [0, 0.05) is 5.56 Å². The van der Waals surface area contributed by atoms with Crippen molar-refractivity contribution in [3.05, 3.63) is 29.8 Å². The minimum atomic E-state index is -6.13. The number of fused-ring (bicyclic) bond motifs is 1. The van der Waals surface area contributed by atoms with Crippen molar-refractivity contribution in [3.8, 4) is 0 Å². The lowest BCUT2D eigenvalue weighted by molar-refractivity contribution is -0.268. The van der Waals surface area contributed by atoms with E-state index in [0.717, 1.165) is 6.07 Å². The highest BCUT2D eigenvalue weighted by molar-refractivity contribution is 6.58. The molecule has 0 saturated carbocycles. The molecular formula is C13H9F5N2O3. The molecule has 1 aliphatic heterocycles. The lowest BCUT2D eigenvalue weighted by Gasteiger charge is -2.23. The van der Waals surface area contributed by atoms with Gasteiger partial charge in [-0.25, -0.2) is 4.90 Å². The number of imide groups is 1. The molecule has 1 aliphatic rings. The molecule has 0 unspecified atom stereocenters. The first-order valence-corrected chi connectivity index (χ1v) is 6.25. The second kappa shape index (κ2) is 5.60. The predicted molar refractivity (Wildman–Crippen MR) is 68.1 cm³/mol. The van der Waals surface area contributed by atoms with Gasteiger partial charge in [-0.2, -0.15) is 22.0 Å². The summed E-state index contributed by atoms with van der Waals surface area (Å²) in [6.45, 7) is 1.56. The maximum Gasteiger partial charge on any atom is 0.463 e. The van der Waals surface area contributed by atoms with Gasteiger partial charge >= 0.3 is 18.0 Å². The molecule has 23 heavy (non-hydrogen) atoms. The van der Waals surface area contributed by atoms with E-state index in [1.807, 2.05) is 0 Å². The number of alkyl halides is 5. The zero-order chi connectivity index (χ0) is 17.4. The maximum atomic E-state index is 13.3. The van der Waals surface area contributed by atoms with Gasteiger partial charge in [0.1, 0.15) is 6.61 Å². The van der Waals surface area contributed by atoms with Crippen LogP contribution < -0.4 is 4.90 Å². The fourth-order valence-corrected chi connectivity index (χ4v) is 1.88. The lowest BCUT2D eigenvalue weighted by Crippen LogP contribution is -2.53. The summed E-state index contributed by atoms with van der Waals surface area (Å²) in [5, 5.41) is 3.39. The third-order valence-electron chi connectivity index (χ3n) is 2.92. The SMILES string of the molecule is CCO/N=C1/C(=O)N(C(=O)C(F)(F)C(F)(F)F)c2ccccc21. The second-order valence-corrected chi connectivity index (χ2v) is 4.39. The van der Waals surface area contributed by atoms with Crippen LogP contribution in [0.3, 0.4) is 0 Å². The van der Waals surface area contributed by atoms with Crippen molar-refractivity contribution in [3.63, 3.8) is 0 Å². The first-order valence-electron chi connectivity index (χ1n) is 6.25. The molecule has 124 valence electrons. The number of nitrogens with zero attached hydrogens (tertiary/aromatic N) is 2. The predicted octanol–water partition coefficient (Wildman–Crippen LogP) is 2.50. The molecule has 0 saturated heterocycles. The standard InChI is InChI=1S/C13H9F5N2O3/c1-2-23-19-9-7-5-3-4-6-8(7)20(10(9)21)11(22)12(14,15)13(16,17)18/h3-6H,2H2,1H3/b19-9+. The van der Waals surface area contributed by atoms with Crippen LogP contribution in [0.25, 0.3) is 0 Å². The summed E-state index contributed by atoms with van der Waals surface area (Å²) in [4.78, 5) is 28.1. The highest BCUT2D eigenvalue weighted by Gasteiger charge is 2.66. The van der Waals surface area contributed by atoms with Crippen LogP contribution in [0.15, 0.2) is 29.4 Å². The van der Waals surface area contributed by atoms with Crippen molar-refractivity contribution in [2.24, 2.45) is 5.16 Å². The lowest BCUT2D eigenvalue weighted by atomic mass is 10.1. The van der Waals surface area contributed by atoms with E-state index in [4.69, 9.17) is 0 Å². The van der Waals surface area contributed by atoms with Gasteiger partial charge in [-0.15, -0.1) is 0 Å². The third kappa shape index (κ3) is 2.64. The van der Waals surface area contributed by atoms with E-state index < -0.39 is 35.3 Å². The van der Waals surface area contributed by atoms with E-state index in [9.17, 15) is 31.5 Å². The normalized spacial score (nSPS) is 16.7. The first kappa shape index (κ1) is 16.8. The van der Waals surface area contributed by atoms with E-state index in [1.165, 1.54) is 25.1 Å². The summed E-state index contributed by atoms with van der Waals surface area (Å²) in [5.74, 6) is -9.81. The van der Waals surface area contributed by atoms with Gasteiger partial charge < -0.3 is 4.84 Å². The Morgan fingerprint density at radius 3 is 2.39 bits per heavy atom. The fraction of sp³-hybridized carbons (Fsp3) is 0.308. The molecule has 2 rings (SSSR count). The van der Waals surface area contributed by atoms with Crippen LogP contribution in [0.2, 0.25) is 0 Å². The average Bonchev–Trinajstić information content (AvgIpc) is 2.75. The van der Waals surface area contributed by atoms with Gasteiger partial charge in [0.2, 0.25) is 0 Å². The van der Waals surface area contributed by atoms with Crippen LogP contribution >= 0.6 is 0 Å². The molecule has 0 radical (unpaired) electrons. The van der Waals surface area contributed by atoms with Crippen molar-refractivity contribution < 1.29 is 36.4 Å². The number of oxime groups is 1. The molecule has 0 atom stereocenters. The summed E-state index contributed by atoms with van der Waals surface area (Å²) in [6, 6.07) is 5.00. The molecule has 0 aliphatic carbocycles. The Kier molecular flexibility index (Phi) is 4.10. The van der Waals surface area contributed by atoms with Gasteiger partial charge in [-0.3, -0.25) is 9.59 Å². The Morgan fingerprint density at radius 1 is 1.22 bits per heavy atom. The zero-order valence-corrected chi connectivity index (χ0v) is 11.5. The minimum absolute atomic E-state index is 0.0333. The molecule has 5 nitrogen and oxygen atoms in total. The number of anilines is 1. The van der Waals surface area contributed by atoms with E-state index in [-0.39, 0.29) is 17.1 Å². The molecule has 1 aromatic carbocycles. The van der Waals surface area contributed by atoms with Gasteiger partial charge in [0.25, 0.3) is 5.91 Å². The third-order valence-corrected chi connectivity index (χ3v) is 2.92. The summed E-state index contributed by atoms with van der Waals surface area (Å²) >= 11 is 0. The Morgan fingerprint density at radius 2 is 1.83 bits per heavy atom. The Bertz CT molecular complexity index is 684. The van der Waals surface area contributed by atoms with Gasteiger partial charge in [-0.05, 0) is 13.0 Å². The quantitative estimate of drug-likeness (QED) is 0.629. The number of hydrogen-bond donors (Lipinski definition) is 0. The molecule has 1 aromatic rings. The Labute approximate surface area is 126 Å². The van der Waals surface area contributed by atoms with Crippen LogP contribution in [0.4, 0.5) is 27.6 Å². The molecule has 0 N–H and O–H groups in total. The van der Waals surface area contributed by atoms with Crippen LogP contribution in [0.1, 0.15) is 12.5 Å². The number of benzene rings is 1. The van der Waals surface area contributed by atoms with Crippen molar-refractivity contribution in [2.45, 2.75) is 19.0 Å². The van der Waals surface area contributed by atoms with E-state index in [0.29, 0.717) is 0 Å². The van der Waals surface area contributed by atoms with Gasteiger partial charge in [0.15, 0.2) is 5.71 Å². The molecule has 1 heterocycles. The first-order chi connectivity index (χ1) is 10.6. The van der Waals surface area contributed by atoms with E-state index in [1.54, 1.807) is 0 Å². The molecular weight excluding hydrogens is 327 g/mol. The van der Waals surface area contributed by atoms with Crippen LogP contribution in [0.5, 0.6) is 0 Å². The minimum Gasteiger partial charge on any atom is -0.395 e. The van der Waals surface area contributed by atoms with Gasteiger partial charge in [-0.1, -0.05) is 23.4 Å². The van der Waals surface area contributed by atoms with Gasteiger partial charge in [0.05, 0.1) is 5.69 Å². The number of amides is 2. The highest BCUT2D eigenvalue weighted by Crippen LogP contribution is 2.40. The molecule has 0 fully saturated rings. The highest BCUT2D eigenvalue weighted by atomic mass is 19.4.